The summed E-state index contributed by atoms with van der Waals surface area (Å²) in [5.41, 5.74) is 5.70. The maximum absolute atomic E-state index is 12.3. The van der Waals surface area contributed by atoms with Gasteiger partial charge >= 0.3 is 0 Å². The van der Waals surface area contributed by atoms with Crippen LogP contribution in [0.4, 0.5) is 0 Å². The summed E-state index contributed by atoms with van der Waals surface area (Å²) in [5.74, 6) is 2.32. The highest BCUT2D eigenvalue weighted by atomic mass is 16.2. The molecule has 2 saturated carbocycles. The molecule has 0 spiro atoms. The molecule has 84 valence electrons. The maximum atomic E-state index is 12.3. The summed E-state index contributed by atoms with van der Waals surface area (Å²) in [4.78, 5) is 14.3. The van der Waals surface area contributed by atoms with Gasteiger partial charge in [-0.2, -0.15) is 0 Å². The number of nitrogens with two attached hydrogens (primary N) is 1. The Labute approximate surface area is 91.0 Å². The van der Waals surface area contributed by atoms with E-state index in [9.17, 15) is 4.79 Å². The Hall–Kier alpha value is -0.570. The minimum Gasteiger partial charge on any atom is -0.338 e. The first-order valence-corrected chi connectivity index (χ1v) is 6.33. The standard InChI is InChI=1S/C12H20N2O/c13-7-8-3-2-6-14(8)12(15)11-9-4-1-5-10(9)11/h8-11H,1-7,13H2. The molecule has 15 heavy (non-hydrogen) atoms. The van der Waals surface area contributed by atoms with Crippen LogP contribution in [0.25, 0.3) is 0 Å². The number of carbonyl (C=O) groups is 1. The third-order valence-electron chi connectivity index (χ3n) is 4.62. The van der Waals surface area contributed by atoms with Gasteiger partial charge in [0.1, 0.15) is 0 Å². The van der Waals surface area contributed by atoms with Crippen LogP contribution in [0.1, 0.15) is 32.1 Å². The molecule has 2 aliphatic carbocycles. The van der Waals surface area contributed by atoms with Crippen LogP contribution >= 0.6 is 0 Å². The topological polar surface area (TPSA) is 46.3 Å². The van der Waals surface area contributed by atoms with Crippen molar-refractivity contribution in [3.8, 4) is 0 Å². The number of hydrogen-bond donors (Lipinski definition) is 1. The van der Waals surface area contributed by atoms with E-state index in [4.69, 9.17) is 5.73 Å². The average Bonchev–Trinajstić information content (AvgIpc) is 2.72. The summed E-state index contributed by atoms with van der Waals surface area (Å²) >= 11 is 0. The number of fused-ring (bicyclic) bond motifs is 1. The molecule has 3 nitrogen and oxygen atoms in total. The van der Waals surface area contributed by atoms with Crippen molar-refractivity contribution >= 4 is 5.91 Å². The lowest BCUT2D eigenvalue weighted by Gasteiger charge is -2.24. The Morgan fingerprint density at radius 1 is 1.20 bits per heavy atom. The van der Waals surface area contributed by atoms with E-state index in [1.165, 1.54) is 19.3 Å². The Morgan fingerprint density at radius 2 is 1.93 bits per heavy atom. The van der Waals surface area contributed by atoms with E-state index in [1.807, 2.05) is 0 Å². The number of likely N-dealkylation sites (tertiary alicyclic amines) is 1. The van der Waals surface area contributed by atoms with Crippen LogP contribution in [0, 0.1) is 17.8 Å². The van der Waals surface area contributed by atoms with Gasteiger partial charge in [0.05, 0.1) is 0 Å². The van der Waals surface area contributed by atoms with Gasteiger partial charge in [0.25, 0.3) is 0 Å². The summed E-state index contributed by atoms with van der Waals surface area (Å²) in [6, 6.07) is 0.346. The van der Waals surface area contributed by atoms with Gasteiger partial charge in [-0.1, -0.05) is 6.42 Å². The van der Waals surface area contributed by atoms with Crippen molar-refractivity contribution in [3.63, 3.8) is 0 Å². The summed E-state index contributed by atoms with van der Waals surface area (Å²) in [5, 5.41) is 0. The van der Waals surface area contributed by atoms with Gasteiger partial charge in [0.15, 0.2) is 0 Å². The molecule has 3 unspecified atom stereocenters. The molecule has 0 aromatic carbocycles. The molecule has 0 aromatic rings. The summed E-state index contributed by atoms with van der Waals surface area (Å²) in [6.07, 6.45) is 6.20. The van der Waals surface area contributed by atoms with Crippen LogP contribution in [-0.2, 0) is 4.79 Å². The molecule has 3 rings (SSSR count). The van der Waals surface area contributed by atoms with Crippen molar-refractivity contribution in [3.05, 3.63) is 0 Å². The number of amides is 1. The zero-order chi connectivity index (χ0) is 10.4. The van der Waals surface area contributed by atoms with Crippen molar-refractivity contribution in [1.29, 1.82) is 0 Å². The number of rotatable bonds is 2. The van der Waals surface area contributed by atoms with Gasteiger partial charge in [-0.3, -0.25) is 4.79 Å². The second-order valence-corrected chi connectivity index (χ2v) is 5.35. The van der Waals surface area contributed by atoms with Crippen LogP contribution in [0.5, 0.6) is 0 Å². The summed E-state index contributed by atoms with van der Waals surface area (Å²) < 4.78 is 0. The molecule has 0 aromatic heterocycles. The normalized spacial score (nSPS) is 43.1. The molecule has 1 saturated heterocycles. The van der Waals surface area contributed by atoms with Crippen molar-refractivity contribution in [2.75, 3.05) is 13.1 Å². The fraction of sp³-hybridized carbons (Fsp3) is 0.917. The second kappa shape index (κ2) is 3.48. The molecule has 3 aliphatic rings. The Kier molecular flexibility index (Phi) is 2.23. The summed E-state index contributed by atoms with van der Waals surface area (Å²) in [6.45, 7) is 1.60. The predicted molar refractivity (Wildman–Crippen MR) is 58.1 cm³/mol. The van der Waals surface area contributed by atoms with E-state index in [0.29, 0.717) is 24.4 Å². The van der Waals surface area contributed by atoms with Gasteiger partial charge in [0.2, 0.25) is 5.91 Å². The molecule has 0 radical (unpaired) electrons. The maximum Gasteiger partial charge on any atom is 0.226 e. The second-order valence-electron chi connectivity index (χ2n) is 5.35. The van der Waals surface area contributed by atoms with Crippen LogP contribution in [0.3, 0.4) is 0 Å². The van der Waals surface area contributed by atoms with E-state index < -0.39 is 0 Å². The zero-order valence-electron chi connectivity index (χ0n) is 9.19. The fourth-order valence-corrected chi connectivity index (χ4v) is 3.75. The highest BCUT2D eigenvalue weighted by Crippen LogP contribution is 2.58. The lowest BCUT2D eigenvalue weighted by atomic mass is 10.1. The van der Waals surface area contributed by atoms with Crippen molar-refractivity contribution in [2.24, 2.45) is 23.5 Å². The van der Waals surface area contributed by atoms with Crippen molar-refractivity contribution in [1.82, 2.24) is 4.90 Å². The molecule has 3 fully saturated rings. The van der Waals surface area contributed by atoms with E-state index in [0.717, 1.165) is 31.2 Å². The largest absolute Gasteiger partial charge is 0.338 e. The van der Waals surface area contributed by atoms with Crippen LogP contribution < -0.4 is 5.73 Å². The molecular weight excluding hydrogens is 188 g/mol. The molecule has 0 bridgehead atoms. The van der Waals surface area contributed by atoms with Crippen LogP contribution in [0.15, 0.2) is 0 Å². The van der Waals surface area contributed by atoms with Gasteiger partial charge in [0, 0.05) is 25.0 Å². The number of hydrogen-bond acceptors (Lipinski definition) is 2. The average molecular weight is 208 g/mol. The van der Waals surface area contributed by atoms with E-state index >= 15 is 0 Å². The quantitative estimate of drug-likeness (QED) is 0.735. The molecular formula is C12H20N2O. The minimum atomic E-state index is 0.346. The Balaban J connectivity index is 1.65. The first kappa shape index (κ1) is 9.64. The SMILES string of the molecule is NCC1CCCN1C(=O)C1C2CCCC21. The Bertz CT molecular complexity index is 269. The third-order valence-corrected chi connectivity index (χ3v) is 4.62. The smallest absolute Gasteiger partial charge is 0.226 e. The zero-order valence-corrected chi connectivity index (χ0v) is 9.19. The molecule has 1 heterocycles. The van der Waals surface area contributed by atoms with Gasteiger partial charge < -0.3 is 10.6 Å². The number of carbonyl (C=O) groups excluding carboxylic acids is 1. The highest BCUT2D eigenvalue weighted by molar-refractivity contribution is 5.83. The van der Waals surface area contributed by atoms with E-state index in [-0.39, 0.29) is 0 Å². The molecule has 3 heteroatoms. The van der Waals surface area contributed by atoms with Gasteiger partial charge in [-0.05, 0) is 37.5 Å². The van der Waals surface area contributed by atoms with Gasteiger partial charge in [-0.15, -0.1) is 0 Å². The van der Waals surface area contributed by atoms with E-state index in [1.54, 1.807) is 0 Å². The third kappa shape index (κ3) is 1.40. The van der Waals surface area contributed by atoms with Crippen molar-refractivity contribution < 1.29 is 4.79 Å². The fourth-order valence-electron chi connectivity index (χ4n) is 3.75. The lowest BCUT2D eigenvalue weighted by Crippen LogP contribution is -2.41. The first-order chi connectivity index (χ1) is 7.33. The first-order valence-electron chi connectivity index (χ1n) is 6.33. The monoisotopic (exact) mass is 208 g/mol. The molecule has 1 aliphatic heterocycles. The number of nitrogens with zero attached hydrogens (tertiary/aromatic N) is 1. The molecule has 3 atom stereocenters. The molecule has 1 amide bonds. The Morgan fingerprint density at radius 3 is 2.60 bits per heavy atom. The van der Waals surface area contributed by atoms with Gasteiger partial charge in [-0.25, -0.2) is 0 Å². The minimum absolute atomic E-state index is 0.346. The lowest BCUT2D eigenvalue weighted by molar-refractivity contribution is -0.134. The molecule has 2 N–H and O–H groups in total. The van der Waals surface area contributed by atoms with E-state index in [2.05, 4.69) is 4.90 Å². The summed E-state index contributed by atoms with van der Waals surface area (Å²) in [7, 11) is 0. The van der Waals surface area contributed by atoms with Crippen LogP contribution in [0.2, 0.25) is 0 Å². The van der Waals surface area contributed by atoms with Crippen LogP contribution in [-0.4, -0.2) is 29.9 Å². The van der Waals surface area contributed by atoms with Crippen molar-refractivity contribution in [2.45, 2.75) is 38.1 Å². The predicted octanol–water partition coefficient (Wildman–Crippen LogP) is 0.982. The highest BCUT2D eigenvalue weighted by Gasteiger charge is 2.58.